The highest BCUT2D eigenvalue weighted by Gasteiger charge is 2.22. The maximum absolute atomic E-state index is 15.2. The van der Waals surface area contributed by atoms with E-state index in [9.17, 15) is 0 Å². The summed E-state index contributed by atoms with van der Waals surface area (Å²) in [6, 6.07) is 12.2. The van der Waals surface area contributed by atoms with Crippen molar-refractivity contribution in [2.45, 2.75) is 32.4 Å². The first-order valence-corrected chi connectivity index (χ1v) is 8.93. The number of benzene rings is 2. The first-order chi connectivity index (χ1) is 12.6. The van der Waals surface area contributed by atoms with Crippen molar-refractivity contribution >= 4 is 11.6 Å². The highest BCUT2D eigenvalue weighted by Crippen LogP contribution is 2.37. The quantitative estimate of drug-likeness (QED) is 0.550. The summed E-state index contributed by atoms with van der Waals surface area (Å²) in [6.07, 6.45) is 4.09. The molecule has 3 aromatic rings. The van der Waals surface area contributed by atoms with Gasteiger partial charge in [-0.1, -0.05) is 42.8 Å². The lowest BCUT2D eigenvalue weighted by molar-refractivity contribution is 0.408. The molecule has 0 amide bonds. The number of imidazole rings is 1. The van der Waals surface area contributed by atoms with E-state index in [1.54, 1.807) is 36.8 Å². The van der Waals surface area contributed by atoms with Crippen LogP contribution >= 0.6 is 11.6 Å². The molecule has 0 radical (unpaired) electrons. The van der Waals surface area contributed by atoms with Crippen LogP contribution in [0.1, 0.15) is 43.6 Å². The van der Waals surface area contributed by atoms with Crippen LogP contribution in [0.3, 0.4) is 0 Å². The molecule has 0 saturated carbocycles. The number of nitrogens with one attached hydrogen (secondary N) is 2. The molecule has 0 aliphatic carbocycles. The Morgan fingerprint density at radius 2 is 2.00 bits per heavy atom. The Kier molecular flexibility index (Phi) is 5.91. The lowest BCUT2D eigenvalue weighted by Gasteiger charge is -2.23. The fourth-order valence-corrected chi connectivity index (χ4v) is 3.02. The summed E-state index contributed by atoms with van der Waals surface area (Å²) in [5, 5.41) is 3.67. The third-order valence-electron chi connectivity index (χ3n) is 4.26. The van der Waals surface area contributed by atoms with Crippen molar-refractivity contribution < 1.29 is 9.13 Å². The van der Waals surface area contributed by atoms with E-state index in [1.807, 2.05) is 32.0 Å². The third-order valence-corrected chi connectivity index (χ3v) is 4.56. The molecule has 0 fully saturated rings. The Labute approximate surface area is 157 Å². The second-order valence-corrected chi connectivity index (χ2v) is 6.46. The number of rotatable bonds is 7. The van der Waals surface area contributed by atoms with E-state index in [2.05, 4.69) is 15.3 Å². The predicted molar refractivity (Wildman–Crippen MR) is 101 cm³/mol. The van der Waals surface area contributed by atoms with Crippen molar-refractivity contribution in [3.05, 3.63) is 77.1 Å². The molecule has 0 saturated heterocycles. The minimum absolute atomic E-state index is 0.00369. The Morgan fingerprint density at radius 3 is 2.65 bits per heavy atom. The van der Waals surface area contributed by atoms with Crippen LogP contribution in [0.15, 0.2) is 55.0 Å². The summed E-state index contributed by atoms with van der Waals surface area (Å²) >= 11 is 6.19. The number of hydrogen-bond acceptors (Lipinski definition) is 3. The van der Waals surface area contributed by atoms with Gasteiger partial charge in [0.1, 0.15) is 5.75 Å². The van der Waals surface area contributed by atoms with Gasteiger partial charge in [-0.3, -0.25) is 0 Å². The smallest absolute Gasteiger partial charge is 0.181 e. The lowest BCUT2D eigenvalue weighted by Crippen LogP contribution is -2.25. The fraction of sp³-hybridized carbons (Fsp3) is 0.250. The molecule has 0 bridgehead atoms. The van der Waals surface area contributed by atoms with Crippen LogP contribution in [-0.4, -0.2) is 9.97 Å². The summed E-state index contributed by atoms with van der Waals surface area (Å²) in [5.41, 5.74) is 1.47. The Morgan fingerprint density at radius 1 is 1.23 bits per heavy atom. The summed E-state index contributed by atoms with van der Waals surface area (Å²) in [7, 11) is 0. The fourth-order valence-electron chi connectivity index (χ4n) is 2.84. The van der Waals surface area contributed by atoms with Crippen LogP contribution in [0, 0.1) is 5.82 Å². The molecule has 136 valence electrons. The summed E-state index contributed by atoms with van der Waals surface area (Å²) in [5.74, 6) is 0.139. The molecule has 2 aromatic carbocycles. The van der Waals surface area contributed by atoms with Crippen molar-refractivity contribution in [1.29, 1.82) is 0 Å². The molecule has 0 aliphatic rings. The van der Waals surface area contributed by atoms with Crippen LogP contribution < -0.4 is 10.1 Å². The monoisotopic (exact) mass is 373 g/mol. The predicted octanol–water partition coefficient (Wildman–Crippen LogP) is 5.80. The number of H-pyrrole nitrogens is 1. The van der Waals surface area contributed by atoms with Gasteiger partial charge in [-0.25, -0.2) is 9.37 Å². The molecule has 2 atom stereocenters. The summed E-state index contributed by atoms with van der Waals surface area (Å²) in [4.78, 5) is 7.10. The van der Waals surface area contributed by atoms with Crippen molar-refractivity contribution in [2.75, 3.05) is 0 Å². The molecule has 0 spiro atoms. The average Bonchev–Trinajstić information content (AvgIpc) is 3.19. The normalized spacial score (nSPS) is 13.4. The second kappa shape index (κ2) is 8.34. The van der Waals surface area contributed by atoms with Crippen molar-refractivity contribution in [2.24, 2.45) is 0 Å². The van der Waals surface area contributed by atoms with Gasteiger partial charge in [-0.05, 0) is 31.5 Å². The van der Waals surface area contributed by atoms with Crippen molar-refractivity contribution in [3.63, 3.8) is 0 Å². The van der Waals surface area contributed by atoms with Crippen molar-refractivity contribution in [1.82, 2.24) is 15.3 Å². The van der Waals surface area contributed by atoms with E-state index < -0.39 is 5.82 Å². The maximum Gasteiger partial charge on any atom is 0.181 e. The molecule has 2 N–H and O–H groups in total. The lowest BCUT2D eigenvalue weighted by atomic mass is 10.0. The van der Waals surface area contributed by atoms with Gasteiger partial charge < -0.3 is 15.0 Å². The minimum Gasteiger partial charge on any atom is -0.453 e. The van der Waals surface area contributed by atoms with Crippen LogP contribution in [0.25, 0.3) is 0 Å². The van der Waals surface area contributed by atoms with Gasteiger partial charge in [0.2, 0.25) is 0 Å². The van der Waals surface area contributed by atoms with E-state index in [0.717, 1.165) is 5.69 Å². The Bertz CT molecular complexity index is 840. The van der Waals surface area contributed by atoms with Crippen LogP contribution in [-0.2, 0) is 0 Å². The second-order valence-electron chi connectivity index (χ2n) is 6.05. The highest BCUT2D eigenvalue weighted by atomic mass is 35.5. The number of nitrogens with zero attached hydrogens (tertiary/aromatic N) is 1. The van der Waals surface area contributed by atoms with Gasteiger partial charge >= 0.3 is 0 Å². The molecule has 6 heteroatoms. The van der Waals surface area contributed by atoms with Crippen molar-refractivity contribution in [3.8, 4) is 11.5 Å². The van der Waals surface area contributed by atoms with Gasteiger partial charge in [-0.15, -0.1) is 0 Å². The summed E-state index contributed by atoms with van der Waals surface area (Å²) < 4.78 is 20.9. The molecule has 0 aliphatic heterocycles. The van der Waals surface area contributed by atoms with E-state index in [1.165, 1.54) is 0 Å². The van der Waals surface area contributed by atoms with Crippen LogP contribution in [0.2, 0.25) is 5.02 Å². The molecule has 3 rings (SSSR count). The third kappa shape index (κ3) is 4.06. The number of hydrogen-bond donors (Lipinski definition) is 2. The van der Waals surface area contributed by atoms with Gasteiger partial charge in [0.05, 0.1) is 17.0 Å². The molecule has 26 heavy (non-hydrogen) atoms. The molecular formula is C20H21ClFN3O. The topological polar surface area (TPSA) is 49.9 Å². The molecular weight excluding hydrogens is 353 g/mol. The summed E-state index contributed by atoms with van der Waals surface area (Å²) in [6.45, 7) is 4.01. The SMILES string of the molecule is CC[C@@H](N[C@H](C)c1cnc[nH]1)c1ccc(Cl)c(Oc2ccccc2)c1F. The molecule has 4 nitrogen and oxygen atoms in total. The van der Waals surface area contributed by atoms with E-state index >= 15 is 4.39 Å². The zero-order valence-electron chi connectivity index (χ0n) is 14.7. The Balaban J connectivity index is 1.87. The van der Waals surface area contributed by atoms with Crippen LogP contribution in [0.4, 0.5) is 4.39 Å². The zero-order chi connectivity index (χ0) is 18.5. The first-order valence-electron chi connectivity index (χ1n) is 8.55. The van der Waals surface area contributed by atoms with Crippen LogP contribution in [0.5, 0.6) is 11.5 Å². The van der Waals surface area contributed by atoms with Gasteiger partial charge in [0.25, 0.3) is 0 Å². The number of ether oxygens (including phenoxy) is 1. The first kappa shape index (κ1) is 18.4. The van der Waals surface area contributed by atoms with E-state index in [-0.39, 0.29) is 22.9 Å². The van der Waals surface area contributed by atoms with E-state index in [4.69, 9.17) is 16.3 Å². The standard InChI is InChI=1S/C20H21ClFN3O/c1-3-17(25-13(2)18-11-23-12-24-18)15-9-10-16(21)20(19(15)22)26-14-7-5-4-6-8-14/h4-13,17,25H,3H2,1-2H3,(H,23,24)/t13-,17-/m1/s1. The average molecular weight is 374 g/mol. The highest BCUT2D eigenvalue weighted by molar-refractivity contribution is 6.32. The number of aromatic nitrogens is 2. The minimum atomic E-state index is -0.447. The van der Waals surface area contributed by atoms with E-state index in [0.29, 0.717) is 17.7 Å². The molecule has 1 heterocycles. The number of halogens is 2. The number of para-hydroxylation sites is 1. The largest absolute Gasteiger partial charge is 0.453 e. The maximum atomic E-state index is 15.2. The zero-order valence-corrected chi connectivity index (χ0v) is 15.4. The van der Waals surface area contributed by atoms with Gasteiger partial charge in [0.15, 0.2) is 11.6 Å². The number of aromatic amines is 1. The van der Waals surface area contributed by atoms with Gasteiger partial charge in [-0.2, -0.15) is 0 Å². The van der Waals surface area contributed by atoms with Gasteiger partial charge in [0, 0.05) is 23.8 Å². The molecule has 0 unspecified atom stereocenters. The molecule has 1 aromatic heterocycles. The Hall–Kier alpha value is -2.37.